The lowest BCUT2D eigenvalue weighted by molar-refractivity contribution is 0.670. The Hall–Kier alpha value is -6.39. The first-order valence-corrected chi connectivity index (χ1v) is 15.7. The van der Waals surface area contributed by atoms with Crippen molar-refractivity contribution < 1.29 is 4.42 Å². The highest BCUT2D eigenvalue weighted by Crippen LogP contribution is 2.40. The molecular weight excluding hydrogens is 574 g/mol. The van der Waals surface area contributed by atoms with Crippen molar-refractivity contribution in [3.05, 3.63) is 164 Å². The van der Waals surface area contributed by atoms with Gasteiger partial charge in [0.2, 0.25) is 0 Å². The fraction of sp³-hybridized carbons (Fsp3) is 0. The van der Waals surface area contributed by atoms with Crippen LogP contribution in [0.2, 0.25) is 0 Å². The van der Waals surface area contributed by atoms with Crippen molar-refractivity contribution in [2.45, 2.75) is 0 Å². The van der Waals surface area contributed by atoms with Gasteiger partial charge in [0.15, 0.2) is 17.5 Å². The second-order valence-corrected chi connectivity index (χ2v) is 11.6. The summed E-state index contributed by atoms with van der Waals surface area (Å²) in [6, 6.07) is 56.3. The zero-order valence-electron chi connectivity index (χ0n) is 25.3. The molecule has 0 fully saturated rings. The minimum absolute atomic E-state index is 0.616. The molecule has 0 atom stereocenters. The lowest BCUT2D eigenvalue weighted by Gasteiger charge is -2.10. The van der Waals surface area contributed by atoms with Crippen LogP contribution in [0, 0.1) is 0 Å². The number of hydrogen-bond donors (Lipinski definition) is 0. The molecule has 0 spiro atoms. The van der Waals surface area contributed by atoms with Crippen LogP contribution in [0.3, 0.4) is 0 Å². The van der Waals surface area contributed by atoms with Gasteiger partial charge in [0, 0.05) is 33.0 Å². The van der Waals surface area contributed by atoms with Crippen molar-refractivity contribution in [1.29, 1.82) is 0 Å². The van der Waals surface area contributed by atoms with Gasteiger partial charge in [-0.3, -0.25) is 0 Å². The van der Waals surface area contributed by atoms with Gasteiger partial charge in [-0.2, -0.15) is 0 Å². The molecule has 0 aliphatic heterocycles. The molecule has 2 aromatic heterocycles. The fourth-order valence-corrected chi connectivity index (χ4v) is 6.41. The molecule has 0 saturated carbocycles. The number of aromatic nitrogens is 3. The monoisotopic (exact) mass is 601 g/mol. The third kappa shape index (κ3) is 4.84. The van der Waals surface area contributed by atoms with Gasteiger partial charge < -0.3 is 4.42 Å². The maximum absolute atomic E-state index is 6.55. The van der Waals surface area contributed by atoms with E-state index in [4.69, 9.17) is 19.4 Å². The van der Waals surface area contributed by atoms with Crippen LogP contribution in [0.5, 0.6) is 0 Å². The molecule has 2 heterocycles. The number of furan rings is 1. The summed E-state index contributed by atoms with van der Waals surface area (Å²) < 4.78 is 6.55. The summed E-state index contributed by atoms with van der Waals surface area (Å²) in [5.41, 5.74) is 8.91. The highest BCUT2D eigenvalue weighted by Gasteiger charge is 2.17. The molecule has 0 amide bonds. The van der Waals surface area contributed by atoms with E-state index in [1.165, 1.54) is 16.3 Å². The second-order valence-electron chi connectivity index (χ2n) is 11.6. The zero-order chi connectivity index (χ0) is 31.2. The van der Waals surface area contributed by atoms with E-state index in [1.54, 1.807) is 0 Å². The summed E-state index contributed by atoms with van der Waals surface area (Å²) in [7, 11) is 0. The van der Waals surface area contributed by atoms with E-state index >= 15 is 0 Å². The van der Waals surface area contributed by atoms with E-state index in [0.717, 1.165) is 55.3 Å². The highest BCUT2D eigenvalue weighted by atomic mass is 16.3. The molecule has 4 nitrogen and oxygen atoms in total. The van der Waals surface area contributed by atoms with Crippen LogP contribution >= 0.6 is 0 Å². The van der Waals surface area contributed by atoms with E-state index < -0.39 is 0 Å². The van der Waals surface area contributed by atoms with Gasteiger partial charge in [-0.1, -0.05) is 152 Å². The number of hydrogen-bond acceptors (Lipinski definition) is 4. The molecule has 0 aliphatic carbocycles. The summed E-state index contributed by atoms with van der Waals surface area (Å²) >= 11 is 0. The van der Waals surface area contributed by atoms with Crippen LogP contribution in [0.25, 0.3) is 89.1 Å². The highest BCUT2D eigenvalue weighted by molar-refractivity contribution is 6.20. The Morgan fingerprint density at radius 3 is 1.66 bits per heavy atom. The maximum atomic E-state index is 6.55. The van der Waals surface area contributed by atoms with Crippen LogP contribution < -0.4 is 0 Å². The summed E-state index contributed by atoms with van der Waals surface area (Å²) in [5, 5.41) is 4.64. The van der Waals surface area contributed by atoms with E-state index in [2.05, 4.69) is 127 Å². The molecule has 0 unspecified atom stereocenters. The second kappa shape index (κ2) is 11.2. The first kappa shape index (κ1) is 27.0. The Bertz CT molecular complexity index is 2550. The fourth-order valence-electron chi connectivity index (χ4n) is 6.41. The predicted molar refractivity (Wildman–Crippen MR) is 192 cm³/mol. The van der Waals surface area contributed by atoms with Gasteiger partial charge in [-0.05, 0) is 39.6 Å². The van der Waals surface area contributed by atoms with E-state index in [1.807, 2.05) is 36.4 Å². The van der Waals surface area contributed by atoms with Crippen molar-refractivity contribution in [2.75, 3.05) is 0 Å². The number of para-hydroxylation sites is 1. The molecule has 0 aliphatic rings. The first-order chi connectivity index (χ1) is 23.3. The summed E-state index contributed by atoms with van der Waals surface area (Å²) in [6.45, 7) is 0. The third-order valence-electron chi connectivity index (χ3n) is 8.74. The molecule has 0 radical (unpaired) electrons. The third-order valence-corrected chi connectivity index (χ3v) is 8.74. The minimum Gasteiger partial charge on any atom is -0.455 e. The summed E-state index contributed by atoms with van der Waals surface area (Å²) in [6.07, 6.45) is 0. The van der Waals surface area contributed by atoms with Crippen LogP contribution in [0.1, 0.15) is 0 Å². The smallest absolute Gasteiger partial charge is 0.164 e. The van der Waals surface area contributed by atoms with Crippen molar-refractivity contribution >= 4 is 32.7 Å². The van der Waals surface area contributed by atoms with Gasteiger partial charge in [-0.15, -0.1) is 0 Å². The Morgan fingerprint density at radius 1 is 0.362 bits per heavy atom. The zero-order valence-corrected chi connectivity index (χ0v) is 25.3. The predicted octanol–water partition coefficient (Wildman–Crippen LogP) is 11.3. The number of benzene rings is 7. The quantitative estimate of drug-likeness (QED) is 0.197. The molecule has 9 rings (SSSR count). The number of rotatable bonds is 5. The molecule has 0 N–H and O–H groups in total. The molecule has 220 valence electrons. The molecule has 0 saturated heterocycles. The molecule has 47 heavy (non-hydrogen) atoms. The average molecular weight is 602 g/mol. The van der Waals surface area contributed by atoms with Crippen molar-refractivity contribution in [1.82, 2.24) is 15.0 Å². The molecule has 0 bridgehead atoms. The van der Waals surface area contributed by atoms with Gasteiger partial charge in [0.05, 0.1) is 0 Å². The number of fused-ring (bicyclic) bond motifs is 5. The largest absolute Gasteiger partial charge is 0.455 e. The molecule has 7 aromatic carbocycles. The first-order valence-electron chi connectivity index (χ1n) is 15.7. The molecular formula is C43H27N3O. The lowest BCUT2D eigenvalue weighted by atomic mass is 9.98. The Labute approximate surface area is 271 Å². The normalized spacial score (nSPS) is 11.4. The lowest BCUT2D eigenvalue weighted by Crippen LogP contribution is -2.00. The number of nitrogens with zero attached hydrogens (tertiary/aromatic N) is 3. The van der Waals surface area contributed by atoms with Gasteiger partial charge in [0.25, 0.3) is 0 Å². The minimum atomic E-state index is 0.616. The van der Waals surface area contributed by atoms with Crippen molar-refractivity contribution in [3.63, 3.8) is 0 Å². The Kier molecular flexibility index (Phi) is 6.43. The standard InChI is InChI=1S/C43H27N3O/c1-3-11-28(12-4-1)29-21-23-32(24-22-29)42-44-41(31-14-5-2-6-15-31)45-43(46-42)34-17-9-16-33(27-34)36-19-10-20-37-39-35-18-8-7-13-30(35)25-26-38(39)47-40(36)37/h1-27H. The van der Waals surface area contributed by atoms with Crippen molar-refractivity contribution in [3.8, 4) is 56.4 Å². The molecule has 4 heteroatoms. The Morgan fingerprint density at radius 2 is 0.894 bits per heavy atom. The van der Waals surface area contributed by atoms with Crippen LogP contribution in [0.4, 0.5) is 0 Å². The van der Waals surface area contributed by atoms with Crippen LogP contribution in [-0.4, -0.2) is 15.0 Å². The van der Waals surface area contributed by atoms with Crippen molar-refractivity contribution in [2.24, 2.45) is 0 Å². The summed E-state index contributed by atoms with van der Waals surface area (Å²) in [5.74, 6) is 1.88. The van der Waals surface area contributed by atoms with Crippen LogP contribution in [-0.2, 0) is 0 Å². The van der Waals surface area contributed by atoms with Gasteiger partial charge in [-0.25, -0.2) is 15.0 Å². The van der Waals surface area contributed by atoms with Crippen LogP contribution in [0.15, 0.2) is 168 Å². The van der Waals surface area contributed by atoms with E-state index in [-0.39, 0.29) is 0 Å². The van der Waals surface area contributed by atoms with E-state index in [0.29, 0.717) is 17.5 Å². The Balaban J connectivity index is 1.17. The average Bonchev–Trinajstić information content (AvgIpc) is 3.55. The summed E-state index contributed by atoms with van der Waals surface area (Å²) in [4.78, 5) is 14.9. The van der Waals surface area contributed by atoms with Gasteiger partial charge >= 0.3 is 0 Å². The molecule has 9 aromatic rings. The van der Waals surface area contributed by atoms with Gasteiger partial charge in [0.1, 0.15) is 11.2 Å². The maximum Gasteiger partial charge on any atom is 0.164 e. The SMILES string of the molecule is c1ccc(-c2ccc(-c3nc(-c4ccccc4)nc(-c4cccc(-c5cccc6c5oc5ccc7ccccc7c56)c4)n3)cc2)cc1. The topological polar surface area (TPSA) is 51.8 Å². The van der Waals surface area contributed by atoms with E-state index in [9.17, 15) is 0 Å².